The Hall–Kier alpha value is -2.14. The highest BCUT2D eigenvalue weighted by atomic mass is 16.5. The van der Waals surface area contributed by atoms with Crippen molar-refractivity contribution in [3.8, 4) is 11.3 Å². The first-order valence-corrected chi connectivity index (χ1v) is 7.67. The van der Waals surface area contributed by atoms with E-state index in [-0.39, 0.29) is 5.91 Å². The first kappa shape index (κ1) is 14.8. The van der Waals surface area contributed by atoms with E-state index >= 15 is 0 Å². The van der Waals surface area contributed by atoms with Gasteiger partial charge in [-0.15, -0.1) is 0 Å². The summed E-state index contributed by atoms with van der Waals surface area (Å²) in [6.07, 6.45) is 2.49. The van der Waals surface area contributed by atoms with Crippen LogP contribution in [0.4, 0.5) is 0 Å². The molecule has 1 amide bonds. The van der Waals surface area contributed by atoms with Gasteiger partial charge in [-0.25, -0.2) is 0 Å². The fourth-order valence-electron chi connectivity index (χ4n) is 2.56. The van der Waals surface area contributed by atoms with Crippen molar-refractivity contribution in [2.24, 2.45) is 5.92 Å². The van der Waals surface area contributed by atoms with Gasteiger partial charge < -0.3 is 14.6 Å². The predicted molar refractivity (Wildman–Crippen MR) is 81.9 cm³/mol. The lowest BCUT2D eigenvalue weighted by Gasteiger charge is -2.06. The predicted octanol–water partition coefficient (Wildman–Crippen LogP) is 2.77. The van der Waals surface area contributed by atoms with Gasteiger partial charge in [-0.3, -0.25) is 4.79 Å². The molecule has 3 rings (SSSR count). The Balaban J connectivity index is 1.45. The highest BCUT2D eigenvalue weighted by molar-refractivity contribution is 5.75. The van der Waals surface area contributed by atoms with Gasteiger partial charge in [-0.05, 0) is 18.8 Å². The molecule has 116 valence electrons. The van der Waals surface area contributed by atoms with Crippen molar-refractivity contribution in [3.05, 3.63) is 42.1 Å². The molecule has 0 radical (unpaired) electrons. The van der Waals surface area contributed by atoms with Crippen LogP contribution in [-0.2, 0) is 16.1 Å². The molecule has 1 N–H and O–H groups in total. The van der Waals surface area contributed by atoms with Gasteiger partial charge in [0, 0.05) is 31.3 Å². The summed E-state index contributed by atoms with van der Waals surface area (Å²) in [7, 11) is 0. The lowest BCUT2D eigenvalue weighted by atomic mass is 10.0. The third-order valence-electron chi connectivity index (χ3n) is 3.89. The zero-order valence-electron chi connectivity index (χ0n) is 12.5. The van der Waals surface area contributed by atoms with E-state index in [9.17, 15) is 4.79 Å². The molecule has 1 unspecified atom stereocenters. The van der Waals surface area contributed by atoms with Crippen LogP contribution >= 0.6 is 0 Å². The van der Waals surface area contributed by atoms with Gasteiger partial charge in [-0.1, -0.05) is 35.5 Å². The number of nitrogens with zero attached hydrogens (tertiary/aromatic N) is 1. The van der Waals surface area contributed by atoms with Gasteiger partial charge >= 0.3 is 0 Å². The molecule has 0 saturated carbocycles. The first-order valence-electron chi connectivity index (χ1n) is 7.67. The van der Waals surface area contributed by atoms with Gasteiger partial charge in [0.1, 0.15) is 5.69 Å². The average Bonchev–Trinajstić information content (AvgIpc) is 3.23. The Bertz CT molecular complexity index is 603. The van der Waals surface area contributed by atoms with E-state index in [0.29, 0.717) is 24.6 Å². The molecule has 0 aliphatic carbocycles. The minimum atomic E-state index is 0.0520. The fraction of sp³-hybridized carbons (Fsp3) is 0.412. The topological polar surface area (TPSA) is 64.4 Å². The van der Waals surface area contributed by atoms with E-state index in [1.165, 1.54) is 0 Å². The number of benzene rings is 1. The Kier molecular flexibility index (Phi) is 4.85. The average molecular weight is 300 g/mol. The van der Waals surface area contributed by atoms with Crippen LogP contribution in [-0.4, -0.2) is 24.3 Å². The second-order valence-electron chi connectivity index (χ2n) is 5.59. The highest BCUT2D eigenvalue weighted by Crippen LogP contribution is 2.20. The maximum absolute atomic E-state index is 11.8. The lowest BCUT2D eigenvalue weighted by molar-refractivity contribution is -0.121. The number of rotatable bonds is 6. The standard InChI is InChI=1S/C17H20N2O3/c20-17(7-6-13-8-9-21-12-13)18-11-15-10-16(22-19-15)14-4-2-1-3-5-14/h1-5,10,13H,6-9,11-12H2,(H,18,20). The monoisotopic (exact) mass is 300 g/mol. The van der Waals surface area contributed by atoms with Crippen molar-refractivity contribution in [1.82, 2.24) is 10.5 Å². The van der Waals surface area contributed by atoms with Crippen molar-refractivity contribution in [1.29, 1.82) is 0 Å². The molecule has 1 atom stereocenters. The van der Waals surface area contributed by atoms with E-state index in [2.05, 4.69) is 10.5 Å². The van der Waals surface area contributed by atoms with E-state index in [4.69, 9.17) is 9.26 Å². The molecule has 2 aromatic rings. The fourth-order valence-corrected chi connectivity index (χ4v) is 2.56. The number of carbonyl (C=O) groups is 1. The molecule has 1 aromatic heterocycles. The van der Waals surface area contributed by atoms with Crippen LogP contribution in [0, 0.1) is 5.92 Å². The molecule has 2 heterocycles. The number of nitrogens with one attached hydrogen (secondary N) is 1. The summed E-state index contributed by atoms with van der Waals surface area (Å²) in [6.45, 7) is 2.01. The Morgan fingerprint density at radius 2 is 2.18 bits per heavy atom. The van der Waals surface area contributed by atoms with Crippen molar-refractivity contribution in [2.45, 2.75) is 25.8 Å². The zero-order chi connectivity index (χ0) is 15.2. The largest absolute Gasteiger partial charge is 0.381 e. The zero-order valence-corrected chi connectivity index (χ0v) is 12.5. The molecule has 1 saturated heterocycles. The molecule has 5 heteroatoms. The summed E-state index contributed by atoms with van der Waals surface area (Å²) in [5.41, 5.74) is 1.71. The Morgan fingerprint density at radius 3 is 2.95 bits per heavy atom. The second-order valence-corrected chi connectivity index (χ2v) is 5.59. The summed E-state index contributed by atoms with van der Waals surface area (Å²) in [4.78, 5) is 11.8. The summed E-state index contributed by atoms with van der Waals surface area (Å²) >= 11 is 0. The molecule has 5 nitrogen and oxygen atoms in total. The maximum Gasteiger partial charge on any atom is 0.220 e. The van der Waals surface area contributed by atoms with E-state index < -0.39 is 0 Å². The van der Waals surface area contributed by atoms with Gasteiger partial charge in [0.2, 0.25) is 5.91 Å². The highest BCUT2D eigenvalue weighted by Gasteiger charge is 2.16. The second kappa shape index (κ2) is 7.22. The van der Waals surface area contributed by atoms with Gasteiger partial charge in [-0.2, -0.15) is 0 Å². The molecule has 1 aromatic carbocycles. The van der Waals surface area contributed by atoms with Gasteiger partial charge in [0.25, 0.3) is 0 Å². The third-order valence-corrected chi connectivity index (χ3v) is 3.89. The van der Waals surface area contributed by atoms with Crippen LogP contribution in [0.25, 0.3) is 11.3 Å². The van der Waals surface area contributed by atoms with Crippen LogP contribution in [0.1, 0.15) is 25.0 Å². The molecular formula is C17H20N2O3. The number of ether oxygens (including phenoxy) is 1. The molecule has 0 bridgehead atoms. The summed E-state index contributed by atoms with van der Waals surface area (Å²) in [5, 5.41) is 6.88. The lowest BCUT2D eigenvalue weighted by Crippen LogP contribution is -2.23. The van der Waals surface area contributed by atoms with Crippen molar-refractivity contribution in [3.63, 3.8) is 0 Å². The van der Waals surface area contributed by atoms with E-state index in [1.54, 1.807) is 0 Å². The Morgan fingerprint density at radius 1 is 1.32 bits per heavy atom. The van der Waals surface area contributed by atoms with Gasteiger partial charge in [0.15, 0.2) is 5.76 Å². The van der Waals surface area contributed by atoms with Crippen LogP contribution in [0.2, 0.25) is 0 Å². The summed E-state index contributed by atoms with van der Waals surface area (Å²) < 4.78 is 10.6. The van der Waals surface area contributed by atoms with Crippen molar-refractivity contribution in [2.75, 3.05) is 13.2 Å². The quantitative estimate of drug-likeness (QED) is 0.891. The summed E-state index contributed by atoms with van der Waals surface area (Å²) in [5.74, 6) is 1.30. The normalized spacial score (nSPS) is 17.5. The number of hydrogen-bond acceptors (Lipinski definition) is 4. The minimum absolute atomic E-state index is 0.0520. The van der Waals surface area contributed by atoms with E-state index in [0.717, 1.165) is 37.3 Å². The molecule has 0 spiro atoms. The number of carbonyl (C=O) groups excluding carboxylic acids is 1. The van der Waals surface area contributed by atoms with E-state index in [1.807, 2.05) is 36.4 Å². The molecule has 22 heavy (non-hydrogen) atoms. The number of amides is 1. The molecule has 1 aliphatic heterocycles. The number of hydrogen-bond donors (Lipinski definition) is 1. The van der Waals surface area contributed by atoms with Crippen LogP contribution in [0.5, 0.6) is 0 Å². The Labute approximate surface area is 129 Å². The minimum Gasteiger partial charge on any atom is -0.381 e. The molecule has 1 fully saturated rings. The third kappa shape index (κ3) is 3.95. The maximum atomic E-state index is 11.8. The van der Waals surface area contributed by atoms with Gasteiger partial charge in [0.05, 0.1) is 6.54 Å². The smallest absolute Gasteiger partial charge is 0.220 e. The first-order chi connectivity index (χ1) is 10.8. The van der Waals surface area contributed by atoms with Crippen molar-refractivity contribution < 1.29 is 14.1 Å². The van der Waals surface area contributed by atoms with Crippen LogP contribution in [0.15, 0.2) is 40.9 Å². The SMILES string of the molecule is O=C(CCC1CCOC1)NCc1cc(-c2ccccc2)on1. The molecule has 1 aliphatic rings. The van der Waals surface area contributed by atoms with Crippen molar-refractivity contribution >= 4 is 5.91 Å². The van der Waals surface area contributed by atoms with Crippen LogP contribution < -0.4 is 5.32 Å². The number of aromatic nitrogens is 1. The molecular weight excluding hydrogens is 280 g/mol. The summed E-state index contributed by atoms with van der Waals surface area (Å²) in [6, 6.07) is 11.6. The van der Waals surface area contributed by atoms with Crippen LogP contribution in [0.3, 0.4) is 0 Å².